The summed E-state index contributed by atoms with van der Waals surface area (Å²) in [5, 5.41) is 5.94. The molecule has 0 saturated heterocycles. The zero-order valence-electron chi connectivity index (χ0n) is 15.1. The van der Waals surface area contributed by atoms with Crippen molar-refractivity contribution in [2.75, 3.05) is 6.61 Å². The number of carbonyl (C=O) groups is 1. The number of aromatic nitrogens is 1. The van der Waals surface area contributed by atoms with Crippen molar-refractivity contribution < 1.29 is 18.3 Å². The molecule has 2 amide bonds. The summed E-state index contributed by atoms with van der Waals surface area (Å²) in [6.45, 7) is 1.69. The molecular formula is C19H27F2N3O2. The topological polar surface area (TPSA) is 63.2 Å². The number of fused-ring (bicyclic) bond motifs is 2. The molecule has 1 aromatic rings. The van der Waals surface area contributed by atoms with Crippen LogP contribution in [0, 0.1) is 5.92 Å². The Bertz CT molecular complexity index is 629. The van der Waals surface area contributed by atoms with E-state index in [9.17, 15) is 13.6 Å². The van der Waals surface area contributed by atoms with Gasteiger partial charge in [0, 0.05) is 24.3 Å². The highest BCUT2D eigenvalue weighted by atomic mass is 19.1. The van der Waals surface area contributed by atoms with Gasteiger partial charge in [0.2, 0.25) is 5.88 Å². The molecule has 4 unspecified atom stereocenters. The number of ether oxygens (including phenoxy) is 1. The summed E-state index contributed by atoms with van der Waals surface area (Å²) >= 11 is 0. The van der Waals surface area contributed by atoms with Crippen LogP contribution in [0.25, 0.3) is 0 Å². The summed E-state index contributed by atoms with van der Waals surface area (Å²) in [6.07, 6.45) is 4.54. The molecule has 0 aromatic carbocycles. The van der Waals surface area contributed by atoms with Crippen molar-refractivity contribution in [3.05, 3.63) is 23.9 Å². The van der Waals surface area contributed by atoms with Gasteiger partial charge >= 0.3 is 6.03 Å². The van der Waals surface area contributed by atoms with Crippen LogP contribution >= 0.6 is 0 Å². The van der Waals surface area contributed by atoms with Crippen LogP contribution in [0.15, 0.2) is 18.3 Å². The second kappa shape index (κ2) is 8.18. The van der Waals surface area contributed by atoms with E-state index in [1.165, 1.54) is 6.92 Å². The summed E-state index contributed by atoms with van der Waals surface area (Å²) in [7, 11) is 0. The Balaban J connectivity index is 1.50. The first-order valence-electron chi connectivity index (χ1n) is 9.38. The predicted octanol–water partition coefficient (Wildman–Crippen LogP) is 3.68. The quantitative estimate of drug-likeness (QED) is 0.806. The van der Waals surface area contributed by atoms with Crippen LogP contribution in [-0.2, 0) is 6.54 Å². The maximum Gasteiger partial charge on any atom is 0.315 e. The fourth-order valence-corrected chi connectivity index (χ4v) is 4.08. The number of nitrogens with one attached hydrogen (secondary N) is 2. The van der Waals surface area contributed by atoms with Gasteiger partial charge in [-0.3, -0.25) is 0 Å². The van der Waals surface area contributed by atoms with Crippen LogP contribution in [0.1, 0.15) is 51.0 Å². The number of nitrogens with zero attached hydrogens (tertiary/aromatic N) is 1. The van der Waals surface area contributed by atoms with Gasteiger partial charge in [-0.15, -0.1) is 0 Å². The molecule has 2 saturated carbocycles. The molecule has 1 heterocycles. The highest BCUT2D eigenvalue weighted by Gasteiger charge is 2.44. The number of urea groups is 1. The molecule has 7 heteroatoms. The zero-order valence-corrected chi connectivity index (χ0v) is 15.1. The van der Waals surface area contributed by atoms with E-state index in [2.05, 4.69) is 15.6 Å². The second-order valence-corrected chi connectivity index (χ2v) is 7.59. The Morgan fingerprint density at radius 2 is 2.31 bits per heavy atom. The SMILES string of the molecule is CC(F)COc1cc(CNC(=O)NC23CCCC(C2)C(F)CC3)ccn1. The molecule has 2 N–H and O–H groups in total. The molecular weight excluding hydrogens is 340 g/mol. The van der Waals surface area contributed by atoms with E-state index in [1.807, 2.05) is 0 Å². The molecule has 2 aliphatic rings. The fraction of sp³-hybridized carbons (Fsp3) is 0.684. The van der Waals surface area contributed by atoms with Gasteiger partial charge in [-0.05, 0) is 56.6 Å². The van der Waals surface area contributed by atoms with Crippen molar-refractivity contribution in [3.8, 4) is 5.88 Å². The number of hydrogen-bond donors (Lipinski definition) is 2. The molecule has 5 nitrogen and oxygen atoms in total. The van der Waals surface area contributed by atoms with E-state index < -0.39 is 12.3 Å². The first kappa shape index (κ1) is 18.9. The van der Waals surface area contributed by atoms with E-state index in [4.69, 9.17) is 4.74 Å². The summed E-state index contributed by atoms with van der Waals surface area (Å²) in [6, 6.07) is 3.22. The average molecular weight is 367 g/mol. The molecule has 2 aliphatic carbocycles. The van der Waals surface area contributed by atoms with Gasteiger partial charge in [0.25, 0.3) is 0 Å². The molecule has 0 radical (unpaired) electrons. The van der Waals surface area contributed by atoms with Crippen LogP contribution in [0.5, 0.6) is 5.88 Å². The minimum atomic E-state index is -1.07. The number of rotatable bonds is 6. The smallest absolute Gasteiger partial charge is 0.315 e. The number of amides is 2. The van der Waals surface area contributed by atoms with E-state index in [1.54, 1.807) is 18.3 Å². The van der Waals surface area contributed by atoms with Gasteiger partial charge < -0.3 is 15.4 Å². The summed E-state index contributed by atoms with van der Waals surface area (Å²) in [5.41, 5.74) is 0.558. The number of halogens is 2. The number of pyridine rings is 1. The largest absolute Gasteiger partial charge is 0.475 e. The summed E-state index contributed by atoms with van der Waals surface area (Å²) < 4.78 is 32.0. The number of carbonyl (C=O) groups excluding carboxylic acids is 1. The number of alkyl halides is 2. The van der Waals surface area contributed by atoms with Crippen LogP contribution in [-0.4, -0.2) is 35.5 Å². The van der Waals surface area contributed by atoms with Crippen LogP contribution in [0.3, 0.4) is 0 Å². The van der Waals surface area contributed by atoms with Gasteiger partial charge in [-0.1, -0.05) is 6.42 Å². The molecule has 0 aliphatic heterocycles. The van der Waals surface area contributed by atoms with Crippen molar-refractivity contribution in [1.29, 1.82) is 0 Å². The summed E-state index contributed by atoms with van der Waals surface area (Å²) in [5.74, 6) is 0.416. The Hall–Kier alpha value is -1.92. The molecule has 144 valence electrons. The third-order valence-electron chi connectivity index (χ3n) is 5.39. The molecule has 1 aromatic heterocycles. The number of hydrogen-bond acceptors (Lipinski definition) is 3. The third-order valence-corrected chi connectivity index (χ3v) is 5.39. The standard InChI is InChI=1S/C19H27F2N3O2/c1-13(20)12-26-17-9-14(5-8-22-17)11-23-18(25)24-19-6-2-3-15(10-19)16(21)4-7-19/h5,8-9,13,15-16H,2-4,6-7,10-12H2,1H3,(H2,23,24,25). The van der Waals surface area contributed by atoms with Gasteiger partial charge in [0.15, 0.2) is 0 Å². The maximum atomic E-state index is 13.9. The minimum absolute atomic E-state index is 0.0520. The predicted molar refractivity (Wildman–Crippen MR) is 94.5 cm³/mol. The average Bonchev–Trinajstić information content (AvgIpc) is 2.62. The van der Waals surface area contributed by atoms with Crippen LogP contribution < -0.4 is 15.4 Å². The Morgan fingerprint density at radius 1 is 1.46 bits per heavy atom. The Kier molecular flexibility index (Phi) is 5.94. The van der Waals surface area contributed by atoms with Crippen molar-refractivity contribution >= 4 is 6.03 Å². The molecule has 2 bridgehead atoms. The molecule has 0 spiro atoms. The van der Waals surface area contributed by atoms with Crippen molar-refractivity contribution in [2.24, 2.45) is 5.92 Å². The van der Waals surface area contributed by atoms with Crippen LogP contribution in [0.4, 0.5) is 13.6 Å². The normalized spacial score (nSPS) is 28.9. The van der Waals surface area contributed by atoms with Crippen molar-refractivity contribution in [2.45, 2.75) is 69.9 Å². The van der Waals surface area contributed by atoms with Crippen LogP contribution in [0.2, 0.25) is 0 Å². The Morgan fingerprint density at radius 3 is 3.12 bits per heavy atom. The molecule has 2 fully saturated rings. The van der Waals surface area contributed by atoms with Gasteiger partial charge in [0.1, 0.15) is 19.0 Å². The first-order valence-corrected chi connectivity index (χ1v) is 9.38. The van der Waals surface area contributed by atoms with Crippen molar-refractivity contribution in [3.63, 3.8) is 0 Å². The Labute approximate surface area is 152 Å². The maximum absolute atomic E-state index is 13.9. The highest BCUT2D eigenvalue weighted by Crippen LogP contribution is 2.44. The zero-order chi connectivity index (χ0) is 18.6. The monoisotopic (exact) mass is 367 g/mol. The fourth-order valence-electron chi connectivity index (χ4n) is 4.08. The third kappa shape index (κ3) is 4.83. The molecule has 4 atom stereocenters. The lowest BCUT2D eigenvalue weighted by atomic mass is 9.66. The van der Waals surface area contributed by atoms with Gasteiger partial charge in [-0.25, -0.2) is 18.6 Å². The lowest BCUT2D eigenvalue weighted by Gasteiger charge is -2.46. The first-order chi connectivity index (χ1) is 12.5. The van der Waals surface area contributed by atoms with Crippen molar-refractivity contribution in [1.82, 2.24) is 15.6 Å². The lowest BCUT2D eigenvalue weighted by Crippen LogP contribution is -2.57. The highest BCUT2D eigenvalue weighted by molar-refractivity contribution is 5.74. The molecule has 3 rings (SSSR count). The summed E-state index contributed by atoms with van der Waals surface area (Å²) in [4.78, 5) is 16.4. The van der Waals surface area contributed by atoms with E-state index in [0.29, 0.717) is 25.3 Å². The van der Waals surface area contributed by atoms with Gasteiger partial charge in [-0.2, -0.15) is 0 Å². The van der Waals surface area contributed by atoms with E-state index in [-0.39, 0.29) is 24.1 Å². The lowest BCUT2D eigenvalue weighted by molar-refractivity contribution is 0.0522. The second-order valence-electron chi connectivity index (χ2n) is 7.59. The molecule has 26 heavy (non-hydrogen) atoms. The minimum Gasteiger partial charge on any atom is -0.475 e. The van der Waals surface area contributed by atoms with E-state index in [0.717, 1.165) is 31.2 Å². The van der Waals surface area contributed by atoms with Gasteiger partial charge in [0.05, 0.1) is 0 Å². The van der Waals surface area contributed by atoms with E-state index >= 15 is 0 Å².